The SMILES string of the molecule is O=S(=O)(CC1CCC(c2[nH]ncc3cnc4nccc4c23)CC1)NC1CCC1. The van der Waals surface area contributed by atoms with Crippen LogP contribution in [0.5, 0.6) is 0 Å². The number of H-pyrrole nitrogens is 1. The van der Waals surface area contributed by atoms with Crippen molar-refractivity contribution in [2.45, 2.75) is 56.9 Å². The number of nitrogens with one attached hydrogen (secondary N) is 2. The molecule has 0 amide bonds. The second-order valence-electron chi connectivity index (χ2n) is 8.30. The number of aromatic nitrogens is 4. The molecular formula is C20H25N5O2S. The summed E-state index contributed by atoms with van der Waals surface area (Å²) in [5.41, 5.74) is 1.89. The zero-order valence-corrected chi connectivity index (χ0v) is 16.6. The van der Waals surface area contributed by atoms with Crippen molar-refractivity contribution in [3.8, 4) is 0 Å². The van der Waals surface area contributed by atoms with Crippen LogP contribution in [0.4, 0.5) is 0 Å². The third-order valence-corrected chi connectivity index (χ3v) is 7.99. The molecule has 5 rings (SSSR count). The third kappa shape index (κ3) is 3.39. The maximum atomic E-state index is 12.4. The van der Waals surface area contributed by atoms with Gasteiger partial charge in [-0.15, -0.1) is 0 Å². The molecule has 148 valence electrons. The average Bonchev–Trinajstić information content (AvgIpc) is 3.14. The minimum atomic E-state index is -3.17. The number of sulfonamides is 1. The molecule has 0 spiro atoms. The van der Waals surface area contributed by atoms with E-state index in [1.807, 2.05) is 18.5 Å². The summed E-state index contributed by atoms with van der Waals surface area (Å²) in [6, 6.07) is 2.18. The van der Waals surface area contributed by atoms with Crippen LogP contribution in [-0.2, 0) is 10.0 Å². The van der Waals surface area contributed by atoms with Gasteiger partial charge in [0, 0.05) is 46.2 Å². The second-order valence-corrected chi connectivity index (χ2v) is 10.1. The van der Waals surface area contributed by atoms with Crippen molar-refractivity contribution in [2.24, 2.45) is 5.92 Å². The van der Waals surface area contributed by atoms with E-state index in [1.54, 1.807) is 6.20 Å². The summed E-state index contributed by atoms with van der Waals surface area (Å²) in [4.78, 5) is 8.73. The van der Waals surface area contributed by atoms with Crippen LogP contribution in [0.25, 0.3) is 21.8 Å². The molecule has 0 aliphatic heterocycles. The number of pyridine rings is 1. The first kappa shape index (κ1) is 18.0. The zero-order chi connectivity index (χ0) is 19.1. The Labute approximate surface area is 164 Å². The van der Waals surface area contributed by atoms with Gasteiger partial charge in [0.25, 0.3) is 0 Å². The summed E-state index contributed by atoms with van der Waals surface area (Å²) in [7, 11) is -3.17. The standard InChI is InChI=1S/C20H25N5O2S/c26-28(27,25-16-2-1-3-16)12-13-4-6-14(7-5-13)19-18-15(11-23-24-19)10-22-20-17(18)8-9-21-20/h8-11,13-14,16,24-25H,1-7,12H2. The topological polar surface area (TPSA) is 101 Å². The lowest BCUT2D eigenvalue weighted by molar-refractivity contribution is 0.340. The second kappa shape index (κ2) is 7.08. The number of aromatic amines is 1. The highest BCUT2D eigenvalue weighted by molar-refractivity contribution is 7.89. The van der Waals surface area contributed by atoms with E-state index in [1.165, 1.54) is 0 Å². The monoisotopic (exact) mass is 399 g/mol. The minimum Gasteiger partial charge on any atom is -0.282 e. The van der Waals surface area contributed by atoms with Gasteiger partial charge < -0.3 is 0 Å². The van der Waals surface area contributed by atoms with Gasteiger partial charge in [-0.2, -0.15) is 5.10 Å². The van der Waals surface area contributed by atoms with Crippen molar-refractivity contribution in [3.63, 3.8) is 0 Å². The largest absolute Gasteiger partial charge is 0.282 e. The van der Waals surface area contributed by atoms with Gasteiger partial charge in [-0.05, 0) is 50.5 Å². The summed E-state index contributed by atoms with van der Waals surface area (Å²) in [6.07, 6.45) is 12.3. The molecule has 7 nitrogen and oxygen atoms in total. The van der Waals surface area contributed by atoms with Crippen LogP contribution in [0.1, 0.15) is 56.6 Å². The quantitative estimate of drug-likeness (QED) is 0.686. The molecule has 3 aromatic heterocycles. The van der Waals surface area contributed by atoms with Crippen LogP contribution in [0.2, 0.25) is 0 Å². The maximum absolute atomic E-state index is 12.4. The number of hydrogen-bond acceptors (Lipinski definition) is 5. The van der Waals surface area contributed by atoms with Crippen LogP contribution in [-0.4, -0.2) is 40.4 Å². The van der Waals surface area contributed by atoms with E-state index in [2.05, 4.69) is 24.9 Å². The fourth-order valence-electron chi connectivity index (χ4n) is 4.65. The Kier molecular flexibility index (Phi) is 4.55. The van der Waals surface area contributed by atoms with E-state index in [0.717, 1.165) is 72.4 Å². The molecule has 3 aromatic rings. The molecule has 0 bridgehead atoms. The molecular weight excluding hydrogens is 374 g/mol. The molecule has 0 saturated heterocycles. The Balaban J connectivity index is 1.32. The van der Waals surface area contributed by atoms with Crippen LogP contribution in [0, 0.1) is 5.92 Å². The molecule has 2 fully saturated rings. The van der Waals surface area contributed by atoms with Gasteiger partial charge in [0.2, 0.25) is 10.0 Å². The highest BCUT2D eigenvalue weighted by Gasteiger charge is 2.30. The van der Waals surface area contributed by atoms with Crippen LogP contribution >= 0.6 is 0 Å². The predicted molar refractivity (Wildman–Crippen MR) is 108 cm³/mol. The number of nitrogens with zero attached hydrogens (tertiary/aromatic N) is 3. The van der Waals surface area contributed by atoms with E-state index < -0.39 is 10.0 Å². The number of hydrogen-bond donors (Lipinski definition) is 2. The lowest BCUT2D eigenvalue weighted by Gasteiger charge is -2.31. The maximum Gasteiger partial charge on any atom is 0.212 e. The number of rotatable bonds is 5. The first-order chi connectivity index (χ1) is 13.6. The molecule has 0 aromatic carbocycles. The Hall–Kier alpha value is -2.06. The van der Waals surface area contributed by atoms with Crippen LogP contribution in [0.3, 0.4) is 0 Å². The summed E-state index contributed by atoms with van der Waals surface area (Å²) >= 11 is 0. The minimum absolute atomic E-state index is 0.173. The normalized spacial score (nSPS) is 23.9. The summed E-state index contributed by atoms with van der Waals surface area (Å²) in [6.45, 7) is 0. The van der Waals surface area contributed by atoms with E-state index in [-0.39, 0.29) is 17.7 Å². The van der Waals surface area contributed by atoms with Gasteiger partial charge in [-0.3, -0.25) is 5.10 Å². The lowest BCUT2D eigenvalue weighted by atomic mass is 9.80. The van der Waals surface area contributed by atoms with Crippen molar-refractivity contribution in [1.29, 1.82) is 0 Å². The van der Waals surface area contributed by atoms with Crippen LogP contribution < -0.4 is 4.72 Å². The highest BCUT2D eigenvalue weighted by Crippen LogP contribution is 2.39. The van der Waals surface area contributed by atoms with Crippen molar-refractivity contribution in [2.75, 3.05) is 5.75 Å². The predicted octanol–water partition coefficient (Wildman–Crippen LogP) is 3.25. The van der Waals surface area contributed by atoms with Crippen molar-refractivity contribution in [1.82, 2.24) is 24.9 Å². The number of fused-ring (bicyclic) bond motifs is 3. The molecule has 0 atom stereocenters. The summed E-state index contributed by atoms with van der Waals surface area (Å²) in [5.74, 6) is 0.851. The molecule has 2 aliphatic carbocycles. The molecule has 0 radical (unpaired) electrons. The highest BCUT2D eigenvalue weighted by atomic mass is 32.2. The van der Waals surface area contributed by atoms with Gasteiger partial charge in [0.15, 0.2) is 5.65 Å². The van der Waals surface area contributed by atoms with Gasteiger partial charge in [0.1, 0.15) is 0 Å². The molecule has 2 N–H and O–H groups in total. The van der Waals surface area contributed by atoms with Gasteiger partial charge in [-0.25, -0.2) is 23.1 Å². The molecule has 2 saturated carbocycles. The average molecular weight is 400 g/mol. The smallest absolute Gasteiger partial charge is 0.212 e. The first-order valence-electron chi connectivity index (χ1n) is 10.2. The Morgan fingerprint density at radius 2 is 1.89 bits per heavy atom. The third-order valence-electron chi connectivity index (χ3n) is 6.38. The van der Waals surface area contributed by atoms with E-state index >= 15 is 0 Å². The van der Waals surface area contributed by atoms with Gasteiger partial charge in [0.05, 0.1) is 11.9 Å². The Morgan fingerprint density at radius 1 is 1.07 bits per heavy atom. The Bertz CT molecular complexity index is 1100. The van der Waals surface area contributed by atoms with Gasteiger partial charge in [-0.1, -0.05) is 6.42 Å². The van der Waals surface area contributed by atoms with E-state index in [4.69, 9.17) is 0 Å². The summed E-state index contributed by atoms with van der Waals surface area (Å²) in [5, 5.41) is 10.8. The molecule has 8 heteroatoms. The van der Waals surface area contributed by atoms with Crippen LogP contribution in [0.15, 0.2) is 24.7 Å². The van der Waals surface area contributed by atoms with E-state index in [9.17, 15) is 8.42 Å². The van der Waals surface area contributed by atoms with Gasteiger partial charge >= 0.3 is 0 Å². The zero-order valence-electron chi connectivity index (χ0n) is 15.8. The first-order valence-corrected chi connectivity index (χ1v) is 11.8. The van der Waals surface area contributed by atoms with Crippen molar-refractivity contribution < 1.29 is 8.42 Å². The summed E-state index contributed by atoms with van der Waals surface area (Å²) < 4.78 is 27.7. The molecule has 3 heterocycles. The Morgan fingerprint density at radius 3 is 2.64 bits per heavy atom. The molecule has 28 heavy (non-hydrogen) atoms. The fraction of sp³-hybridized carbons (Fsp3) is 0.550. The fourth-order valence-corrected chi connectivity index (χ4v) is 6.45. The van der Waals surface area contributed by atoms with Crippen molar-refractivity contribution in [3.05, 3.63) is 30.4 Å². The molecule has 0 unspecified atom stereocenters. The van der Waals surface area contributed by atoms with E-state index in [0.29, 0.717) is 5.92 Å². The lowest BCUT2D eigenvalue weighted by Crippen LogP contribution is -2.42. The molecule has 2 aliphatic rings. The van der Waals surface area contributed by atoms with Crippen molar-refractivity contribution >= 4 is 31.8 Å².